The summed E-state index contributed by atoms with van der Waals surface area (Å²) in [5.74, 6) is 0.131. The number of nitrogens with zero attached hydrogens (tertiary/aromatic N) is 1. The van der Waals surface area contributed by atoms with Crippen molar-refractivity contribution in [2.45, 2.75) is 32.7 Å². The maximum atomic E-state index is 12.7. The van der Waals surface area contributed by atoms with Crippen LogP contribution in [0.1, 0.15) is 35.7 Å². The van der Waals surface area contributed by atoms with Gasteiger partial charge in [0.1, 0.15) is 0 Å². The maximum absolute atomic E-state index is 12.7. The minimum atomic E-state index is 0.131. The molecule has 0 aliphatic carbocycles. The number of nitrogens with one attached hydrogen (secondary N) is 1. The van der Waals surface area contributed by atoms with E-state index in [0.717, 1.165) is 48.1 Å². The van der Waals surface area contributed by atoms with Crippen molar-refractivity contribution < 1.29 is 4.79 Å². The Bertz CT molecular complexity index is 455. The summed E-state index contributed by atoms with van der Waals surface area (Å²) in [6.07, 6.45) is 2.24. The Kier molecular flexibility index (Phi) is 4.99. The van der Waals surface area contributed by atoms with Gasteiger partial charge >= 0.3 is 0 Å². The van der Waals surface area contributed by atoms with Gasteiger partial charge in [0.15, 0.2) is 0 Å². The fourth-order valence-corrected chi connectivity index (χ4v) is 3.07. The molecule has 1 atom stereocenters. The van der Waals surface area contributed by atoms with E-state index in [-0.39, 0.29) is 5.91 Å². The Morgan fingerprint density at radius 1 is 1.53 bits per heavy atom. The van der Waals surface area contributed by atoms with Crippen LogP contribution in [0.4, 0.5) is 0 Å². The van der Waals surface area contributed by atoms with E-state index in [1.165, 1.54) is 0 Å². The van der Waals surface area contributed by atoms with Crippen molar-refractivity contribution in [2.24, 2.45) is 0 Å². The van der Waals surface area contributed by atoms with Gasteiger partial charge in [-0.15, -0.1) is 0 Å². The van der Waals surface area contributed by atoms with E-state index in [0.29, 0.717) is 6.04 Å². The van der Waals surface area contributed by atoms with Gasteiger partial charge in [-0.3, -0.25) is 4.79 Å². The molecule has 1 unspecified atom stereocenters. The average Bonchev–Trinajstić information content (AvgIpc) is 2.44. The third-order valence-electron chi connectivity index (χ3n) is 3.74. The molecule has 1 aromatic rings. The lowest BCUT2D eigenvalue weighted by atomic mass is 10.0. The lowest BCUT2D eigenvalue weighted by Gasteiger charge is -2.34. The van der Waals surface area contributed by atoms with Gasteiger partial charge in [-0.25, -0.2) is 0 Å². The number of rotatable bonds is 3. The van der Waals surface area contributed by atoms with Crippen LogP contribution in [0, 0.1) is 6.92 Å². The molecule has 0 aromatic heterocycles. The highest BCUT2D eigenvalue weighted by Gasteiger charge is 2.26. The van der Waals surface area contributed by atoms with Crippen molar-refractivity contribution in [3.63, 3.8) is 0 Å². The molecule has 3 nitrogen and oxygen atoms in total. The van der Waals surface area contributed by atoms with Crippen LogP contribution in [0.25, 0.3) is 0 Å². The van der Waals surface area contributed by atoms with E-state index in [2.05, 4.69) is 28.2 Å². The van der Waals surface area contributed by atoms with Gasteiger partial charge in [-0.1, -0.05) is 12.1 Å². The molecule has 1 aliphatic rings. The lowest BCUT2D eigenvalue weighted by molar-refractivity contribution is 0.0661. The number of carbonyl (C=O) groups excluding carboxylic acids is 1. The highest BCUT2D eigenvalue weighted by Crippen LogP contribution is 2.24. The summed E-state index contributed by atoms with van der Waals surface area (Å²) < 4.78 is 0.919. The van der Waals surface area contributed by atoms with Crippen molar-refractivity contribution in [1.82, 2.24) is 10.2 Å². The maximum Gasteiger partial charge on any atom is 0.255 e. The number of benzene rings is 1. The molecule has 19 heavy (non-hydrogen) atoms. The van der Waals surface area contributed by atoms with Crippen LogP contribution < -0.4 is 5.32 Å². The Morgan fingerprint density at radius 2 is 2.32 bits per heavy atom. The zero-order valence-corrected chi connectivity index (χ0v) is 13.2. The van der Waals surface area contributed by atoms with Crippen LogP contribution >= 0.6 is 15.9 Å². The number of likely N-dealkylation sites (N-methyl/N-ethyl adjacent to an activating group) is 1. The molecule has 4 heteroatoms. The summed E-state index contributed by atoms with van der Waals surface area (Å²) in [5, 5.41) is 3.38. The number of halogens is 1. The van der Waals surface area contributed by atoms with Gasteiger partial charge < -0.3 is 10.2 Å². The Morgan fingerprint density at radius 3 is 2.95 bits per heavy atom. The van der Waals surface area contributed by atoms with Crippen molar-refractivity contribution in [3.05, 3.63) is 33.8 Å². The SMILES string of the molecule is CCN(C(=O)c1cccc(C)c1Br)C1CCCNC1. The summed E-state index contributed by atoms with van der Waals surface area (Å²) in [7, 11) is 0. The Labute approximate surface area is 123 Å². The largest absolute Gasteiger partial charge is 0.335 e. The van der Waals surface area contributed by atoms with Crippen LogP contribution in [-0.2, 0) is 0 Å². The second-order valence-corrected chi connectivity index (χ2v) is 5.82. The molecule has 1 saturated heterocycles. The van der Waals surface area contributed by atoms with E-state index in [9.17, 15) is 4.79 Å². The fraction of sp³-hybridized carbons (Fsp3) is 0.533. The van der Waals surface area contributed by atoms with Gasteiger partial charge in [0.25, 0.3) is 5.91 Å². The molecular formula is C15H21BrN2O. The predicted molar refractivity (Wildman–Crippen MR) is 81.5 cm³/mol. The number of piperidine rings is 1. The quantitative estimate of drug-likeness (QED) is 0.927. The first kappa shape index (κ1) is 14.5. The van der Waals surface area contributed by atoms with Crippen LogP contribution in [0.15, 0.2) is 22.7 Å². The minimum Gasteiger partial charge on any atom is -0.335 e. The van der Waals surface area contributed by atoms with Gasteiger partial charge in [-0.05, 0) is 60.8 Å². The summed E-state index contributed by atoms with van der Waals surface area (Å²) in [5.41, 5.74) is 1.87. The molecule has 0 radical (unpaired) electrons. The molecule has 1 heterocycles. The van der Waals surface area contributed by atoms with E-state index in [1.54, 1.807) is 0 Å². The van der Waals surface area contributed by atoms with E-state index in [4.69, 9.17) is 0 Å². The predicted octanol–water partition coefficient (Wildman–Crippen LogP) is 2.97. The van der Waals surface area contributed by atoms with Gasteiger partial charge in [0, 0.05) is 23.6 Å². The topological polar surface area (TPSA) is 32.3 Å². The molecule has 0 spiro atoms. The number of carbonyl (C=O) groups is 1. The van der Waals surface area contributed by atoms with E-state index in [1.807, 2.05) is 30.0 Å². The zero-order chi connectivity index (χ0) is 13.8. The molecule has 1 aromatic carbocycles. The first-order valence-corrected chi connectivity index (χ1v) is 7.71. The van der Waals surface area contributed by atoms with Crippen molar-refractivity contribution in [3.8, 4) is 0 Å². The zero-order valence-electron chi connectivity index (χ0n) is 11.6. The van der Waals surface area contributed by atoms with Gasteiger partial charge in [0.2, 0.25) is 0 Å². The molecule has 0 bridgehead atoms. The standard InChI is InChI=1S/C15H21BrN2O/c1-3-18(12-7-5-9-17-10-12)15(19)13-8-4-6-11(2)14(13)16/h4,6,8,12,17H,3,5,7,9-10H2,1-2H3. The monoisotopic (exact) mass is 324 g/mol. The minimum absolute atomic E-state index is 0.131. The van der Waals surface area contributed by atoms with Crippen LogP contribution in [0.2, 0.25) is 0 Å². The second-order valence-electron chi connectivity index (χ2n) is 5.03. The number of amides is 1. The highest BCUT2D eigenvalue weighted by molar-refractivity contribution is 9.10. The molecule has 1 amide bonds. The van der Waals surface area contributed by atoms with Gasteiger partial charge in [0.05, 0.1) is 5.56 Å². The number of aryl methyl sites for hydroxylation is 1. The summed E-state index contributed by atoms with van der Waals surface area (Å²) in [6, 6.07) is 6.18. The third-order valence-corrected chi connectivity index (χ3v) is 4.79. The highest BCUT2D eigenvalue weighted by atomic mass is 79.9. The Balaban J connectivity index is 2.22. The first-order valence-electron chi connectivity index (χ1n) is 6.92. The van der Waals surface area contributed by atoms with Crippen molar-refractivity contribution in [2.75, 3.05) is 19.6 Å². The lowest BCUT2D eigenvalue weighted by Crippen LogP contribution is -2.48. The first-order chi connectivity index (χ1) is 9.15. The summed E-state index contributed by atoms with van der Waals surface area (Å²) in [6.45, 7) is 6.79. The van der Waals surface area contributed by atoms with Crippen molar-refractivity contribution in [1.29, 1.82) is 0 Å². The van der Waals surface area contributed by atoms with E-state index >= 15 is 0 Å². The Hall–Kier alpha value is -0.870. The van der Waals surface area contributed by atoms with E-state index < -0.39 is 0 Å². The second kappa shape index (κ2) is 6.53. The van der Waals surface area contributed by atoms with Crippen LogP contribution in [-0.4, -0.2) is 36.5 Å². The summed E-state index contributed by atoms with van der Waals surface area (Å²) in [4.78, 5) is 14.7. The number of hydrogen-bond acceptors (Lipinski definition) is 2. The molecule has 104 valence electrons. The number of hydrogen-bond donors (Lipinski definition) is 1. The molecule has 0 saturated carbocycles. The normalized spacial score (nSPS) is 19.2. The molecule has 2 rings (SSSR count). The molecule has 1 N–H and O–H groups in total. The smallest absolute Gasteiger partial charge is 0.255 e. The molecular weight excluding hydrogens is 304 g/mol. The fourth-order valence-electron chi connectivity index (χ4n) is 2.63. The van der Waals surface area contributed by atoms with Crippen molar-refractivity contribution >= 4 is 21.8 Å². The van der Waals surface area contributed by atoms with Gasteiger partial charge in [-0.2, -0.15) is 0 Å². The summed E-state index contributed by atoms with van der Waals surface area (Å²) >= 11 is 3.54. The van der Waals surface area contributed by atoms with Crippen LogP contribution in [0.5, 0.6) is 0 Å². The molecule has 1 aliphatic heterocycles. The third kappa shape index (κ3) is 3.18. The van der Waals surface area contributed by atoms with Crippen LogP contribution in [0.3, 0.4) is 0 Å². The average molecular weight is 325 g/mol. The molecule has 1 fully saturated rings.